The van der Waals surface area contributed by atoms with Crippen molar-refractivity contribution >= 4 is 61.8 Å². The van der Waals surface area contributed by atoms with E-state index in [0.717, 1.165) is 0 Å². The number of rotatable bonds is 0. The van der Waals surface area contributed by atoms with Crippen LogP contribution in [0.2, 0.25) is 0 Å². The fourth-order valence-electron chi connectivity index (χ4n) is 0. The van der Waals surface area contributed by atoms with Crippen LogP contribution >= 0.6 is 0 Å². The molecule has 0 radical (unpaired) electrons. The SMILES string of the molecule is O=S(=O)(O)O.[KH].[Zn]. The van der Waals surface area contributed by atoms with Crippen LogP contribution in [0.5, 0.6) is 0 Å². The Hall–Kier alpha value is 2.13. The van der Waals surface area contributed by atoms with Crippen molar-refractivity contribution < 1.29 is 37.0 Å². The maximum absolute atomic E-state index is 8.74. The summed E-state index contributed by atoms with van der Waals surface area (Å²) in [5, 5.41) is 0. The van der Waals surface area contributed by atoms with E-state index in [-0.39, 0.29) is 70.9 Å². The minimum atomic E-state index is -4.67. The van der Waals surface area contributed by atoms with E-state index in [4.69, 9.17) is 17.5 Å². The third kappa shape index (κ3) is 67.3. The molecule has 0 spiro atoms. The Morgan fingerprint density at radius 3 is 1.14 bits per heavy atom. The van der Waals surface area contributed by atoms with Gasteiger partial charge in [0.15, 0.2) is 0 Å². The van der Waals surface area contributed by atoms with Crippen molar-refractivity contribution in [3.63, 3.8) is 0 Å². The summed E-state index contributed by atoms with van der Waals surface area (Å²) < 4.78 is 31.6. The summed E-state index contributed by atoms with van der Waals surface area (Å²) >= 11 is 0. The summed E-state index contributed by atoms with van der Waals surface area (Å²) in [6.07, 6.45) is 0. The molecule has 0 aromatic carbocycles. The molecule has 2 N–H and O–H groups in total. The largest absolute Gasteiger partial charge is 0 e. The number of hydrogen-bond acceptors (Lipinski definition) is 2. The topological polar surface area (TPSA) is 74.6 Å². The summed E-state index contributed by atoms with van der Waals surface area (Å²) in [6, 6.07) is 0. The van der Waals surface area contributed by atoms with Crippen LogP contribution in [-0.2, 0) is 29.9 Å². The average Bonchev–Trinajstić information content (AvgIpc) is 0.722. The maximum atomic E-state index is 8.74. The van der Waals surface area contributed by atoms with Gasteiger partial charge in [-0.1, -0.05) is 0 Å². The molecule has 0 amide bonds. The fourth-order valence-corrected chi connectivity index (χ4v) is 0. The molecule has 0 saturated carbocycles. The van der Waals surface area contributed by atoms with Gasteiger partial charge in [-0.05, 0) is 0 Å². The van der Waals surface area contributed by atoms with Crippen molar-refractivity contribution in [3.05, 3.63) is 0 Å². The van der Waals surface area contributed by atoms with Gasteiger partial charge >= 0.3 is 61.8 Å². The minimum absolute atomic E-state index is 0. The molecule has 0 rings (SSSR count). The van der Waals surface area contributed by atoms with Crippen molar-refractivity contribution in [3.8, 4) is 0 Å². The summed E-state index contributed by atoms with van der Waals surface area (Å²) in [5.41, 5.74) is 0. The Morgan fingerprint density at radius 2 is 1.14 bits per heavy atom. The van der Waals surface area contributed by atoms with E-state index in [2.05, 4.69) is 0 Å². The van der Waals surface area contributed by atoms with Crippen LogP contribution in [0.4, 0.5) is 0 Å². The standard InChI is InChI=1S/K.H2O4S.Zn.H/c;1-5(2,3)4;;/h;(H2,1,2,3,4);;. The van der Waals surface area contributed by atoms with Gasteiger partial charge in [-0.25, -0.2) is 0 Å². The van der Waals surface area contributed by atoms with Crippen molar-refractivity contribution in [2.24, 2.45) is 0 Å². The van der Waals surface area contributed by atoms with E-state index >= 15 is 0 Å². The average molecular weight is 204 g/mol. The van der Waals surface area contributed by atoms with Crippen molar-refractivity contribution in [2.75, 3.05) is 0 Å². The molecular formula is H3KO4SZn. The first-order valence-electron chi connectivity index (χ1n) is 0.698. The normalized spacial score (nSPS) is 8.29. The Balaban J connectivity index is -0.0000000800. The van der Waals surface area contributed by atoms with Gasteiger partial charge in [-0.3, -0.25) is 9.11 Å². The molecule has 0 bridgehead atoms. The molecule has 36 valence electrons. The third-order valence-corrected chi connectivity index (χ3v) is 0. The Kier molecular flexibility index (Phi) is 14.3. The molecule has 7 heteroatoms. The summed E-state index contributed by atoms with van der Waals surface area (Å²) in [4.78, 5) is 0. The second-order valence-corrected chi connectivity index (χ2v) is 1.34. The van der Waals surface area contributed by atoms with Crippen LogP contribution in [0, 0.1) is 0 Å². The zero-order valence-electron chi connectivity index (χ0n) is 2.83. The van der Waals surface area contributed by atoms with E-state index in [1.807, 2.05) is 0 Å². The summed E-state index contributed by atoms with van der Waals surface area (Å²) in [7, 11) is -4.67. The molecule has 0 aliphatic heterocycles. The Bertz CT molecular complexity index is 94.9. The Morgan fingerprint density at radius 1 is 1.14 bits per heavy atom. The van der Waals surface area contributed by atoms with Gasteiger partial charge in [-0.2, -0.15) is 8.42 Å². The predicted molar refractivity (Wildman–Crippen MR) is 21.3 cm³/mol. The van der Waals surface area contributed by atoms with Crippen LogP contribution < -0.4 is 0 Å². The smallest absolute Gasteiger partial charge is 0 e. The molecule has 0 heterocycles. The van der Waals surface area contributed by atoms with Crippen LogP contribution in [-0.4, -0.2) is 68.9 Å². The van der Waals surface area contributed by atoms with Crippen LogP contribution in [0.1, 0.15) is 0 Å². The first kappa shape index (κ1) is 16.1. The minimum Gasteiger partial charge on any atom is 0 e. The third-order valence-electron chi connectivity index (χ3n) is 0. The first-order valence-corrected chi connectivity index (χ1v) is 2.10. The van der Waals surface area contributed by atoms with Gasteiger partial charge in [0.05, 0.1) is 0 Å². The van der Waals surface area contributed by atoms with Crippen LogP contribution in [0.25, 0.3) is 0 Å². The first-order chi connectivity index (χ1) is 2.00. The molecule has 0 saturated heterocycles. The molecule has 0 unspecified atom stereocenters. The van der Waals surface area contributed by atoms with Gasteiger partial charge in [0, 0.05) is 19.5 Å². The predicted octanol–water partition coefficient (Wildman–Crippen LogP) is -1.30. The molecule has 4 nitrogen and oxygen atoms in total. The van der Waals surface area contributed by atoms with Gasteiger partial charge in [-0.15, -0.1) is 0 Å². The molecule has 7 heavy (non-hydrogen) atoms. The number of hydrogen-bond donors (Lipinski definition) is 2. The monoisotopic (exact) mass is 202 g/mol. The Labute approximate surface area is 96.8 Å². The molecular weight excluding hydrogens is 201 g/mol. The van der Waals surface area contributed by atoms with Crippen molar-refractivity contribution in [2.45, 2.75) is 0 Å². The van der Waals surface area contributed by atoms with Crippen LogP contribution in [0.3, 0.4) is 0 Å². The molecule has 0 aliphatic rings. The second kappa shape index (κ2) is 6.25. The molecule has 0 fully saturated rings. The zero-order chi connectivity index (χ0) is 4.50. The molecule has 0 atom stereocenters. The maximum Gasteiger partial charge on any atom is 0 e. The van der Waals surface area contributed by atoms with Gasteiger partial charge in [0.2, 0.25) is 0 Å². The molecule has 0 aromatic rings. The van der Waals surface area contributed by atoms with E-state index in [1.54, 1.807) is 0 Å². The molecule has 0 aromatic heterocycles. The quantitative estimate of drug-likeness (QED) is 0.379. The van der Waals surface area contributed by atoms with E-state index < -0.39 is 10.4 Å². The molecule has 0 aliphatic carbocycles. The van der Waals surface area contributed by atoms with E-state index in [0.29, 0.717) is 0 Å². The van der Waals surface area contributed by atoms with E-state index in [1.165, 1.54) is 0 Å². The van der Waals surface area contributed by atoms with Gasteiger partial charge < -0.3 is 0 Å². The van der Waals surface area contributed by atoms with Gasteiger partial charge in [0.1, 0.15) is 0 Å². The van der Waals surface area contributed by atoms with Crippen molar-refractivity contribution in [1.29, 1.82) is 0 Å². The fraction of sp³-hybridized carbons (Fsp3) is 0. The van der Waals surface area contributed by atoms with Gasteiger partial charge in [0.25, 0.3) is 0 Å². The second-order valence-electron chi connectivity index (χ2n) is 0.448. The zero-order valence-corrected chi connectivity index (χ0v) is 6.61. The summed E-state index contributed by atoms with van der Waals surface area (Å²) in [5.74, 6) is 0. The van der Waals surface area contributed by atoms with Crippen LogP contribution in [0.15, 0.2) is 0 Å². The van der Waals surface area contributed by atoms with E-state index in [9.17, 15) is 0 Å². The van der Waals surface area contributed by atoms with Crippen molar-refractivity contribution in [1.82, 2.24) is 0 Å². The summed E-state index contributed by atoms with van der Waals surface area (Å²) in [6.45, 7) is 0.